The van der Waals surface area contributed by atoms with E-state index < -0.39 is 0 Å². The van der Waals surface area contributed by atoms with E-state index in [4.69, 9.17) is 9.47 Å². The van der Waals surface area contributed by atoms with Crippen LogP contribution in [0.3, 0.4) is 0 Å². The molecule has 0 radical (unpaired) electrons. The second-order valence-corrected chi connectivity index (χ2v) is 3.35. The van der Waals surface area contributed by atoms with Crippen molar-refractivity contribution in [1.29, 1.82) is 0 Å². The van der Waals surface area contributed by atoms with Gasteiger partial charge >= 0.3 is 20.1 Å². The van der Waals surface area contributed by atoms with Gasteiger partial charge < -0.3 is 9.47 Å². The molecule has 0 aromatic carbocycles. The third-order valence-corrected chi connectivity index (χ3v) is 2.15. The minimum atomic E-state index is 0. The Labute approximate surface area is 94.7 Å². The zero-order valence-electron chi connectivity index (χ0n) is 8.22. The fourth-order valence-corrected chi connectivity index (χ4v) is 1.37. The first-order chi connectivity index (χ1) is 6.00. The van der Waals surface area contributed by atoms with Crippen molar-refractivity contribution >= 4 is 0 Å². The molecule has 2 aliphatic heterocycles. The van der Waals surface area contributed by atoms with Crippen molar-refractivity contribution in [3.8, 4) is 0 Å². The number of hydrogen-bond acceptors (Lipinski definition) is 2. The van der Waals surface area contributed by atoms with Crippen LogP contribution in [0.2, 0.25) is 0 Å². The van der Waals surface area contributed by atoms with Crippen LogP contribution in [0.5, 0.6) is 0 Å². The standard InChI is InChI=1S/2C5H10O.Ir/c2*1-2-4-6-5-3-1;/h2*1-5H2;/q;;+3. The molecule has 2 aliphatic rings. The maximum atomic E-state index is 5.07. The van der Waals surface area contributed by atoms with Crippen molar-refractivity contribution in [3.05, 3.63) is 0 Å². The predicted octanol–water partition coefficient (Wildman–Crippen LogP) is 2.37. The van der Waals surface area contributed by atoms with Crippen molar-refractivity contribution < 1.29 is 29.6 Å². The van der Waals surface area contributed by atoms with Crippen molar-refractivity contribution in [2.45, 2.75) is 38.5 Å². The molecular formula is C10H20IrO2+3. The second-order valence-electron chi connectivity index (χ2n) is 3.35. The van der Waals surface area contributed by atoms with Crippen molar-refractivity contribution in [2.75, 3.05) is 26.4 Å². The van der Waals surface area contributed by atoms with Crippen LogP contribution in [-0.4, -0.2) is 26.4 Å². The summed E-state index contributed by atoms with van der Waals surface area (Å²) in [7, 11) is 0. The molecule has 78 valence electrons. The fraction of sp³-hybridized carbons (Fsp3) is 1.00. The van der Waals surface area contributed by atoms with Gasteiger partial charge in [0, 0.05) is 26.4 Å². The molecule has 0 N–H and O–H groups in total. The Balaban J connectivity index is 0.000000206. The molecule has 0 unspecified atom stereocenters. The molecule has 0 amide bonds. The Morgan fingerprint density at radius 3 is 0.846 bits per heavy atom. The first-order valence-electron chi connectivity index (χ1n) is 5.15. The average molecular weight is 364 g/mol. The molecule has 2 heterocycles. The van der Waals surface area contributed by atoms with Gasteiger partial charge in [0.1, 0.15) is 0 Å². The maximum Gasteiger partial charge on any atom is 3.00 e. The zero-order valence-corrected chi connectivity index (χ0v) is 10.6. The molecule has 13 heavy (non-hydrogen) atoms. The maximum absolute atomic E-state index is 5.07. The predicted molar refractivity (Wildman–Crippen MR) is 49.3 cm³/mol. The van der Waals surface area contributed by atoms with Gasteiger partial charge in [0.15, 0.2) is 0 Å². The van der Waals surface area contributed by atoms with Gasteiger partial charge in [-0.2, -0.15) is 0 Å². The van der Waals surface area contributed by atoms with Gasteiger partial charge in [0.05, 0.1) is 0 Å². The summed E-state index contributed by atoms with van der Waals surface area (Å²) in [5, 5.41) is 0. The van der Waals surface area contributed by atoms with E-state index in [9.17, 15) is 0 Å². The van der Waals surface area contributed by atoms with Crippen molar-refractivity contribution in [3.63, 3.8) is 0 Å². The first-order valence-corrected chi connectivity index (χ1v) is 5.15. The summed E-state index contributed by atoms with van der Waals surface area (Å²) in [5.41, 5.74) is 0. The zero-order chi connectivity index (χ0) is 8.49. The van der Waals surface area contributed by atoms with Crippen LogP contribution in [0.25, 0.3) is 0 Å². The minimum absolute atomic E-state index is 0. The first kappa shape index (κ1) is 13.6. The third kappa shape index (κ3) is 8.89. The molecule has 0 bridgehead atoms. The Morgan fingerprint density at radius 1 is 0.462 bits per heavy atom. The Hall–Kier alpha value is 0.569. The minimum Gasteiger partial charge on any atom is -0.381 e. The van der Waals surface area contributed by atoms with Crippen LogP contribution in [0.4, 0.5) is 0 Å². The number of hydrogen-bond donors (Lipinski definition) is 0. The van der Waals surface area contributed by atoms with E-state index in [1.54, 1.807) is 0 Å². The summed E-state index contributed by atoms with van der Waals surface area (Å²) in [6.45, 7) is 4.00. The molecule has 0 aromatic rings. The molecule has 2 saturated heterocycles. The molecule has 0 saturated carbocycles. The monoisotopic (exact) mass is 365 g/mol. The van der Waals surface area contributed by atoms with Gasteiger partial charge in [0.25, 0.3) is 0 Å². The van der Waals surface area contributed by atoms with Crippen molar-refractivity contribution in [2.24, 2.45) is 0 Å². The summed E-state index contributed by atoms with van der Waals surface area (Å²) in [5.74, 6) is 0. The molecule has 0 aliphatic carbocycles. The van der Waals surface area contributed by atoms with Crippen LogP contribution < -0.4 is 0 Å². The molecular weight excluding hydrogens is 344 g/mol. The number of ether oxygens (including phenoxy) is 2. The normalized spacial score (nSPS) is 22.2. The number of rotatable bonds is 0. The van der Waals surface area contributed by atoms with Crippen LogP contribution in [-0.2, 0) is 29.6 Å². The van der Waals surface area contributed by atoms with E-state index in [1.165, 1.54) is 38.5 Å². The van der Waals surface area contributed by atoms with E-state index in [-0.39, 0.29) is 20.1 Å². The fourth-order valence-electron chi connectivity index (χ4n) is 1.37. The molecule has 2 fully saturated rings. The summed E-state index contributed by atoms with van der Waals surface area (Å²) in [6.07, 6.45) is 7.86. The molecule has 0 spiro atoms. The van der Waals surface area contributed by atoms with Crippen molar-refractivity contribution in [1.82, 2.24) is 0 Å². The van der Waals surface area contributed by atoms with Gasteiger partial charge in [-0.05, 0) is 38.5 Å². The Morgan fingerprint density at radius 2 is 0.769 bits per heavy atom. The summed E-state index contributed by atoms with van der Waals surface area (Å²) in [4.78, 5) is 0. The van der Waals surface area contributed by atoms with Gasteiger partial charge in [-0.15, -0.1) is 0 Å². The summed E-state index contributed by atoms with van der Waals surface area (Å²) in [6, 6.07) is 0. The molecule has 2 rings (SSSR count). The summed E-state index contributed by atoms with van der Waals surface area (Å²) < 4.78 is 10.1. The Kier molecular flexibility index (Phi) is 11.1. The molecule has 0 atom stereocenters. The molecule has 0 aromatic heterocycles. The topological polar surface area (TPSA) is 18.5 Å². The van der Waals surface area contributed by atoms with E-state index >= 15 is 0 Å². The van der Waals surface area contributed by atoms with Crippen LogP contribution in [0.1, 0.15) is 38.5 Å². The van der Waals surface area contributed by atoms with Gasteiger partial charge in [0.2, 0.25) is 0 Å². The van der Waals surface area contributed by atoms with Crippen LogP contribution in [0.15, 0.2) is 0 Å². The quantitative estimate of drug-likeness (QED) is 0.657. The van der Waals surface area contributed by atoms with Crippen LogP contribution >= 0.6 is 0 Å². The Bertz CT molecular complexity index is 55.9. The van der Waals surface area contributed by atoms with Crippen LogP contribution in [0, 0.1) is 0 Å². The largest absolute Gasteiger partial charge is 3.00 e. The van der Waals surface area contributed by atoms with E-state index in [1.807, 2.05) is 0 Å². The van der Waals surface area contributed by atoms with E-state index in [0.717, 1.165) is 26.4 Å². The molecule has 3 heteroatoms. The summed E-state index contributed by atoms with van der Waals surface area (Å²) >= 11 is 0. The van der Waals surface area contributed by atoms with Gasteiger partial charge in [-0.1, -0.05) is 0 Å². The van der Waals surface area contributed by atoms with Gasteiger partial charge in [-0.3, -0.25) is 0 Å². The third-order valence-electron chi connectivity index (χ3n) is 2.15. The average Bonchev–Trinajstić information content (AvgIpc) is 2.24. The van der Waals surface area contributed by atoms with Gasteiger partial charge in [-0.25, -0.2) is 0 Å². The van der Waals surface area contributed by atoms with E-state index in [2.05, 4.69) is 0 Å². The molecule has 2 nitrogen and oxygen atoms in total. The second kappa shape index (κ2) is 10.6. The SMILES string of the molecule is C1CCOCC1.C1CCOCC1.[Ir+3]. The van der Waals surface area contributed by atoms with E-state index in [0.29, 0.717) is 0 Å². The smallest absolute Gasteiger partial charge is 0.381 e.